The Bertz CT molecular complexity index is 765. The molecule has 0 fully saturated rings. The van der Waals surface area contributed by atoms with Crippen LogP contribution in [0.1, 0.15) is 5.56 Å². The number of benzene rings is 2. The van der Waals surface area contributed by atoms with Gasteiger partial charge in [0.1, 0.15) is 11.6 Å². The molecule has 0 radical (unpaired) electrons. The highest BCUT2D eigenvalue weighted by Gasteiger charge is 2.20. The molecule has 0 aromatic heterocycles. The van der Waals surface area contributed by atoms with Crippen molar-refractivity contribution in [3.8, 4) is 5.75 Å². The third-order valence-corrected chi connectivity index (χ3v) is 3.05. The molecule has 0 heterocycles. The summed E-state index contributed by atoms with van der Waals surface area (Å²) in [6, 6.07) is 7.74. The zero-order valence-corrected chi connectivity index (χ0v) is 12.0. The third-order valence-electron chi connectivity index (χ3n) is 3.05. The monoisotopic (exact) mass is 322 g/mol. The van der Waals surface area contributed by atoms with Crippen molar-refractivity contribution in [2.45, 2.75) is 6.42 Å². The Balaban J connectivity index is 2.20. The van der Waals surface area contributed by atoms with E-state index in [2.05, 4.69) is 5.32 Å². The Hall–Kier alpha value is -3.03. The van der Waals surface area contributed by atoms with Gasteiger partial charge in [-0.15, -0.1) is 0 Å². The second kappa shape index (κ2) is 6.82. The van der Waals surface area contributed by atoms with Crippen molar-refractivity contribution in [2.75, 3.05) is 12.4 Å². The molecule has 0 aliphatic heterocycles. The molecule has 0 spiro atoms. The smallest absolute Gasteiger partial charge is 0.307 e. The van der Waals surface area contributed by atoms with Gasteiger partial charge in [-0.1, -0.05) is 18.2 Å². The van der Waals surface area contributed by atoms with Crippen molar-refractivity contribution < 1.29 is 23.2 Å². The fourth-order valence-corrected chi connectivity index (χ4v) is 1.99. The number of nitrogens with zero attached hydrogens (tertiary/aromatic N) is 1. The molecule has 0 unspecified atom stereocenters. The molecule has 0 saturated carbocycles. The van der Waals surface area contributed by atoms with Crippen LogP contribution in [0.3, 0.4) is 0 Å². The number of ether oxygens (including phenoxy) is 1. The first-order valence-corrected chi connectivity index (χ1v) is 6.47. The average Bonchev–Trinajstić information content (AvgIpc) is 2.50. The number of nitro benzene ring substituents is 1. The number of para-hydroxylation sites is 1. The largest absolute Gasteiger partial charge is 0.496 e. The van der Waals surface area contributed by atoms with Crippen LogP contribution in [0.2, 0.25) is 0 Å². The van der Waals surface area contributed by atoms with Gasteiger partial charge in [-0.2, -0.15) is 4.39 Å². The van der Waals surface area contributed by atoms with Crippen LogP contribution in [0, 0.1) is 21.7 Å². The van der Waals surface area contributed by atoms with E-state index in [-0.39, 0.29) is 6.42 Å². The maximum Gasteiger partial charge on any atom is 0.307 e. The van der Waals surface area contributed by atoms with E-state index in [0.29, 0.717) is 23.4 Å². The Morgan fingerprint density at radius 2 is 1.96 bits per heavy atom. The molecule has 0 aliphatic carbocycles. The van der Waals surface area contributed by atoms with Crippen LogP contribution < -0.4 is 10.1 Å². The van der Waals surface area contributed by atoms with E-state index >= 15 is 0 Å². The maximum atomic E-state index is 13.6. The lowest BCUT2D eigenvalue weighted by Crippen LogP contribution is -2.16. The molecule has 0 aliphatic rings. The van der Waals surface area contributed by atoms with Gasteiger partial charge in [-0.05, 0) is 6.07 Å². The van der Waals surface area contributed by atoms with E-state index in [9.17, 15) is 23.7 Å². The van der Waals surface area contributed by atoms with Gasteiger partial charge in [0, 0.05) is 17.7 Å². The minimum atomic E-state index is -1.31. The van der Waals surface area contributed by atoms with Crippen LogP contribution in [-0.4, -0.2) is 17.9 Å². The number of halogens is 2. The number of hydrogen-bond donors (Lipinski definition) is 1. The van der Waals surface area contributed by atoms with Crippen LogP contribution >= 0.6 is 0 Å². The summed E-state index contributed by atoms with van der Waals surface area (Å²) in [7, 11) is 1.44. The Morgan fingerprint density at radius 3 is 2.61 bits per heavy atom. The summed E-state index contributed by atoms with van der Waals surface area (Å²) >= 11 is 0. The van der Waals surface area contributed by atoms with E-state index in [1.807, 2.05) is 0 Å². The van der Waals surface area contributed by atoms with E-state index < -0.39 is 33.8 Å². The quantitative estimate of drug-likeness (QED) is 0.677. The lowest BCUT2D eigenvalue weighted by Gasteiger charge is -2.09. The lowest BCUT2D eigenvalue weighted by atomic mass is 10.1. The topological polar surface area (TPSA) is 81.5 Å². The van der Waals surface area contributed by atoms with Gasteiger partial charge >= 0.3 is 5.69 Å². The minimum Gasteiger partial charge on any atom is -0.496 e. The fraction of sp³-hybridized carbons (Fsp3) is 0.133. The second-order valence-corrected chi connectivity index (χ2v) is 4.58. The normalized spacial score (nSPS) is 10.2. The highest BCUT2D eigenvalue weighted by Crippen LogP contribution is 2.25. The predicted octanol–water partition coefficient (Wildman–Crippen LogP) is 3.06. The molecular weight excluding hydrogens is 310 g/mol. The SMILES string of the molecule is COc1ccccc1CC(=O)Nc1cc([N+](=O)[O-])c(F)cc1F. The maximum absolute atomic E-state index is 13.6. The van der Waals surface area contributed by atoms with E-state index in [1.165, 1.54) is 7.11 Å². The summed E-state index contributed by atoms with van der Waals surface area (Å²) < 4.78 is 32.0. The predicted molar refractivity (Wildman–Crippen MR) is 78.3 cm³/mol. The Morgan fingerprint density at radius 1 is 1.26 bits per heavy atom. The van der Waals surface area contributed by atoms with Crippen LogP contribution in [0.15, 0.2) is 36.4 Å². The highest BCUT2D eigenvalue weighted by molar-refractivity contribution is 5.93. The first kappa shape index (κ1) is 16.3. The number of carbonyl (C=O) groups is 1. The first-order valence-electron chi connectivity index (χ1n) is 6.47. The van der Waals surface area contributed by atoms with Crippen molar-refractivity contribution in [1.82, 2.24) is 0 Å². The van der Waals surface area contributed by atoms with Crippen molar-refractivity contribution in [2.24, 2.45) is 0 Å². The number of carbonyl (C=O) groups excluding carboxylic acids is 1. The van der Waals surface area contributed by atoms with Crippen LogP contribution in [0.25, 0.3) is 0 Å². The van der Waals surface area contributed by atoms with Crippen LogP contribution in [0.5, 0.6) is 5.75 Å². The average molecular weight is 322 g/mol. The molecule has 0 bridgehead atoms. The number of methoxy groups -OCH3 is 1. The van der Waals surface area contributed by atoms with Crippen molar-refractivity contribution in [3.63, 3.8) is 0 Å². The number of anilines is 1. The molecule has 0 atom stereocenters. The molecule has 2 aromatic carbocycles. The summed E-state index contributed by atoms with van der Waals surface area (Å²) in [4.78, 5) is 21.6. The Labute approximate surface area is 129 Å². The van der Waals surface area contributed by atoms with Gasteiger partial charge in [0.15, 0.2) is 0 Å². The molecule has 2 rings (SSSR count). The summed E-state index contributed by atoms with van der Waals surface area (Å²) in [5, 5.41) is 12.9. The number of rotatable bonds is 5. The molecule has 0 saturated heterocycles. The van der Waals surface area contributed by atoms with Gasteiger partial charge < -0.3 is 10.1 Å². The molecule has 6 nitrogen and oxygen atoms in total. The second-order valence-electron chi connectivity index (χ2n) is 4.58. The lowest BCUT2D eigenvalue weighted by molar-refractivity contribution is -0.387. The molecule has 120 valence electrons. The van der Waals surface area contributed by atoms with Gasteiger partial charge in [0.05, 0.1) is 24.1 Å². The number of nitro groups is 1. The molecule has 23 heavy (non-hydrogen) atoms. The zero-order valence-electron chi connectivity index (χ0n) is 12.0. The van der Waals surface area contributed by atoms with E-state index in [0.717, 1.165) is 0 Å². The van der Waals surface area contributed by atoms with Gasteiger partial charge in [0.25, 0.3) is 0 Å². The first-order chi connectivity index (χ1) is 10.9. The van der Waals surface area contributed by atoms with Gasteiger partial charge in [0.2, 0.25) is 11.7 Å². The van der Waals surface area contributed by atoms with Crippen molar-refractivity contribution in [3.05, 3.63) is 63.7 Å². The standard InChI is InChI=1S/C15H12F2N2O4/c1-23-14-5-3-2-4-9(14)6-15(20)18-12-8-13(19(21)22)11(17)7-10(12)16/h2-5,7-8H,6H2,1H3,(H,18,20). The number of nitrogens with one attached hydrogen (secondary N) is 1. The summed E-state index contributed by atoms with van der Waals surface area (Å²) in [6.45, 7) is 0. The summed E-state index contributed by atoms with van der Waals surface area (Å²) in [5.74, 6) is -2.54. The third kappa shape index (κ3) is 3.79. The van der Waals surface area contributed by atoms with E-state index in [4.69, 9.17) is 4.74 Å². The zero-order chi connectivity index (χ0) is 17.0. The number of hydrogen-bond acceptors (Lipinski definition) is 4. The van der Waals surface area contributed by atoms with Crippen LogP contribution in [0.4, 0.5) is 20.2 Å². The Kier molecular flexibility index (Phi) is 4.85. The molecule has 1 amide bonds. The van der Waals surface area contributed by atoms with Crippen LogP contribution in [-0.2, 0) is 11.2 Å². The van der Waals surface area contributed by atoms with Gasteiger partial charge in [-0.25, -0.2) is 4.39 Å². The minimum absolute atomic E-state index is 0.130. The molecule has 2 aromatic rings. The van der Waals surface area contributed by atoms with Crippen molar-refractivity contribution >= 4 is 17.3 Å². The molecule has 1 N–H and O–H groups in total. The summed E-state index contributed by atoms with van der Waals surface area (Å²) in [5.41, 5.74) is -0.818. The van der Waals surface area contributed by atoms with Crippen molar-refractivity contribution in [1.29, 1.82) is 0 Å². The van der Waals surface area contributed by atoms with Gasteiger partial charge in [-0.3, -0.25) is 14.9 Å². The number of amides is 1. The molecule has 8 heteroatoms. The molecular formula is C15H12F2N2O4. The summed E-state index contributed by atoms with van der Waals surface area (Å²) in [6.07, 6.45) is -0.130. The highest BCUT2D eigenvalue weighted by atomic mass is 19.1. The fourth-order valence-electron chi connectivity index (χ4n) is 1.99. The van der Waals surface area contributed by atoms with E-state index in [1.54, 1.807) is 24.3 Å².